The van der Waals surface area contributed by atoms with E-state index in [0.717, 1.165) is 29.5 Å². The Bertz CT molecular complexity index is 328. The number of ketones is 1. The van der Waals surface area contributed by atoms with Crippen LogP contribution in [0.25, 0.3) is 0 Å². The van der Waals surface area contributed by atoms with Gasteiger partial charge in [-0.2, -0.15) is 0 Å². The van der Waals surface area contributed by atoms with E-state index in [1.165, 1.54) is 0 Å². The Morgan fingerprint density at radius 3 is 2.00 bits per heavy atom. The molecule has 0 heterocycles. The van der Waals surface area contributed by atoms with Crippen LogP contribution in [0.15, 0.2) is 18.2 Å². The maximum absolute atomic E-state index is 12.2. The smallest absolute Gasteiger partial charge is 0.166 e. The molecule has 0 N–H and O–H groups in total. The van der Waals surface area contributed by atoms with Crippen LogP contribution in [0.3, 0.4) is 0 Å². The fourth-order valence-electron chi connectivity index (χ4n) is 2.07. The van der Waals surface area contributed by atoms with E-state index in [9.17, 15) is 4.79 Å². The third kappa shape index (κ3) is 2.47. The van der Waals surface area contributed by atoms with Crippen molar-refractivity contribution in [2.75, 3.05) is 0 Å². The van der Waals surface area contributed by atoms with Crippen molar-refractivity contribution in [2.24, 2.45) is 5.92 Å². The molecule has 0 bridgehead atoms. The molecule has 0 aliphatic heterocycles. The average Bonchev–Trinajstić information content (AvgIpc) is 2.19. The predicted octanol–water partition coefficient (Wildman–Crippen LogP) is 3.92. The number of rotatable bonds is 4. The Morgan fingerprint density at radius 2 is 1.60 bits per heavy atom. The predicted molar refractivity (Wildman–Crippen MR) is 64.3 cm³/mol. The highest BCUT2D eigenvalue weighted by Crippen LogP contribution is 2.21. The van der Waals surface area contributed by atoms with E-state index in [0.29, 0.717) is 5.78 Å². The monoisotopic (exact) mass is 204 g/mol. The van der Waals surface area contributed by atoms with Gasteiger partial charge in [0.25, 0.3) is 0 Å². The first-order valence-electron chi connectivity index (χ1n) is 5.72. The number of aryl methyl sites for hydroxylation is 2. The molecule has 15 heavy (non-hydrogen) atoms. The molecule has 0 amide bonds. The SMILES string of the molecule is CCC(CC)C(=O)c1c(C)cccc1C. The Kier molecular flexibility index (Phi) is 4.07. The van der Waals surface area contributed by atoms with Crippen molar-refractivity contribution in [1.82, 2.24) is 0 Å². The van der Waals surface area contributed by atoms with Crippen LogP contribution in [-0.4, -0.2) is 5.78 Å². The van der Waals surface area contributed by atoms with E-state index >= 15 is 0 Å². The number of Topliss-reactive ketones (excluding diaryl/α,β-unsaturated/α-hetero) is 1. The molecule has 0 saturated carbocycles. The van der Waals surface area contributed by atoms with Crippen molar-refractivity contribution in [3.63, 3.8) is 0 Å². The molecular formula is C14H20O. The molecule has 0 fully saturated rings. The molecule has 0 spiro atoms. The summed E-state index contributed by atoms with van der Waals surface area (Å²) in [6.07, 6.45) is 1.87. The Hall–Kier alpha value is -1.11. The molecule has 1 aromatic rings. The molecule has 1 heteroatoms. The summed E-state index contributed by atoms with van der Waals surface area (Å²) >= 11 is 0. The van der Waals surface area contributed by atoms with Gasteiger partial charge in [-0.05, 0) is 37.8 Å². The van der Waals surface area contributed by atoms with E-state index in [-0.39, 0.29) is 5.92 Å². The quantitative estimate of drug-likeness (QED) is 0.679. The maximum Gasteiger partial charge on any atom is 0.166 e. The summed E-state index contributed by atoms with van der Waals surface area (Å²) in [6, 6.07) is 6.04. The molecule has 1 aromatic carbocycles. The summed E-state index contributed by atoms with van der Waals surface area (Å²) in [6.45, 7) is 8.20. The highest BCUT2D eigenvalue weighted by Gasteiger charge is 2.19. The minimum Gasteiger partial charge on any atom is -0.294 e. The van der Waals surface area contributed by atoms with Crippen LogP contribution in [0.5, 0.6) is 0 Å². The largest absolute Gasteiger partial charge is 0.294 e. The van der Waals surface area contributed by atoms with Gasteiger partial charge in [0.05, 0.1) is 0 Å². The highest BCUT2D eigenvalue weighted by molar-refractivity contribution is 6.00. The van der Waals surface area contributed by atoms with Crippen molar-refractivity contribution in [3.05, 3.63) is 34.9 Å². The molecule has 1 nitrogen and oxygen atoms in total. The van der Waals surface area contributed by atoms with Crippen LogP contribution in [-0.2, 0) is 0 Å². The van der Waals surface area contributed by atoms with E-state index in [1.54, 1.807) is 0 Å². The molecule has 0 aromatic heterocycles. The molecule has 0 unspecified atom stereocenters. The lowest BCUT2D eigenvalue weighted by molar-refractivity contribution is 0.0912. The third-order valence-corrected chi connectivity index (χ3v) is 3.08. The molecule has 0 saturated heterocycles. The second kappa shape index (κ2) is 5.11. The van der Waals surface area contributed by atoms with Gasteiger partial charge >= 0.3 is 0 Å². The van der Waals surface area contributed by atoms with E-state index in [2.05, 4.69) is 13.8 Å². The van der Waals surface area contributed by atoms with E-state index < -0.39 is 0 Å². The summed E-state index contributed by atoms with van der Waals surface area (Å²) in [4.78, 5) is 12.2. The van der Waals surface area contributed by atoms with Crippen LogP contribution >= 0.6 is 0 Å². The summed E-state index contributed by atoms with van der Waals surface area (Å²) in [7, 11) is 0. The summed E-state index contributed by atoms with van der Waals surface area (Å²) in [5.74, 6) is 0.500. The highest BCUT2D eigenvalue weighted by atomic mass is 16.1. The van der Waals surface area contributed by atoms with E-state index in [4.69, 9.17) is 0 Å². The Balaban J connectivity index is 3.10. The third-order valence-electron chi connectivity index (χ3n) is 3.08. The number of hydrogen-bond acceptors (Lipinski definition) is 1. The first-order chi connectivity index (χ1) is 7.11. The molecule has 0 aliphatic rings. The van der Waals surface area contributed by atoms with Gasteiger partial charge in [0.1, 0.15) is 0 Å². The summed E-state index contributed by atoms with van der Waals surface area (Å²) in [5.41, 5.74) is 3.14. The molecular weight excluding hydrogens is 184 g/mol. The van der Waals surface area contributed by atoms with Gasteiger partial charge < -0.3 is 0 Å². The minimum absolute atomic E-state index is 0.185. The zero-order valence-electron chi connectivity index (χ0n) is 10.1. The summed E-state index contributed by atoms with van der Waals surface area (Å²) < 4.78 is 0. The maximum atomic E-state index is 12.2. The topological polar surface area (TPSA) is 17.1 Å². The van der Waals surface area contributed by atoms with Gasteiger partial charge in [-0.3, -0.25) is 4.79 Å². The van der Waals surface area contributed by atoms with Crippen molar-refractivity contribution in [1.29, 1.82) is 0 Å². The Morgan fingerprint density at radius 1 is 1.13 bits per heavy atom. The van der Waals surface area contributed by atoms with Gasteiger partial charge in [-0.25, -0.2) is 0 Å². The van der Waals surface area contributed by atoms with Crippen LogP contribution in [0.1, 0.15) is 48.2 Å². The van der Waals surface area contributed by atoms with Crippen molar-refractivity contribution >= 4 is 5.78 Å². The normalized spacial score (nSPS) is 10.7. The van der Waals surface area contributed by atoms with Crippen LogP contribution in [0.2, 0.25) is 0 Å². The molecule has 0 aliphatic carbocycles. The first kappa shape index (κ1) is 12.0. The van der Waals surface area contributed by atoms with Crippen molar-refractivity contribution in [2.45, 2.75) is 40.5 Å². The fraction of sp³-hybridized carbons (Fsp3) is 0.500. The molecule has 82 valence electrons. The number of carbonyl (C=O) groups excluding carboxylic acids is 1. The van der Waals surface area contributed by atoms with Crippen LogP contribution < -0.4 is 0 Å². The first-order valence-corrected chi connectivity index (χ1v) is 5.72. The van der Waals surface area contributed by atoms with Crippen molar-refractivity contribution < 1.29 is 4.79 Å². The van der Waals surface area contributed by atoms with Gasteiger partial charge in [0.15, 0.2) is 5.78 Å². The number of carbonyl (C=O) groups is 1. The summed E-state index contributed by atoms with van der Waals surface area (Å²) in [5, 5.41) is 0. The van der Waals surface area contributed by atoms with Gasteiger partial charge in [0.2, 0.25) is 0 Å². The number of hydrogen-bond donors (Lipinski definition) is 0. The molecule has 0 radical (unpaired) electrons. The second-order valence-corrected chi connectivity index (χ2v) is 4.14. The average molecular weight is 204 g/mol. The van der Waals surface area contributed by atoms with Gasteiger partial charge in [-0.1, -0.05) is 32.0 Å². The van der Waals surface area contributed by atoms with E-state index in [1.807, 2.05) is 32.0 Å². The molecule has 0 atom stereocenters. The minimum atomic E-state index is 0.185. The lowest BCUT2D eigenvalue weighted by Gasteiger charge is -2.14. The second-order valence-electron chi connectivity index (χ2n) is 4.14. The van der Waals surface area contributed by atoms with Crippen molar-refractivity contribution in [3.8, 4) is 0 Å². The molecule has 1 rings (SSSR count). The zero-order chi connectivity index (χ0) is 11.4. The van der Waals surface area contributed by atoms with Gasteiger partial charge in [0, 0.05) is 11.5 Å². The zero-order valence-corrected chi connectivity index (χ0v) is 10.1. The van der Waals surface area contributed by atoms with Crippen LogP contribution in [0.4, 0.5) is 0 Å². The standard InChI is InChI=1S/C14H20O/c1-5-12(6-2)14(15)13-10(3)8-7-9-11(13)4/h7-9,12H,5-6H2,1-4H3. The van der Waals surface area contributed by atoms with Gasteiger partial charge in [-0.15, -0.1) is 0 Å². The van der Waals surface area contributed by atoms with Crippen LogP contribution in [0, 0.1) is 19.8 Å². The fourth-order valence-corrected chi connectivity index (χ4v) is 2.07. The Labute approximate surface area is 92.5 Å². The lowest BCUT2D eigenvalue weighted by atomic mass is 9.88. The lowest BCUT2D eigenvalue weighted by Crippen LogP contribution is -2.15. The number of benzene rings is 1.